The lowest BCUT2D eigenvalue weighted by molar-refractivity contribution is -0.632. The maximum atomic E-state index is 11.8. The van der Waals surface area contributed by atoms with Crippen molar-refractivity contribution in [3.8, 4) is 11.3 Å². The van der Waals surface area contributed by atoms with E-state index in [0.29, 0.717) is 12.3 Å². The first kappa shape index (κ1) is 22.0. The van der Waals surface area contributed by atoms with Gasteiger partial charge in [-0.2, -0.15) is 4.57 Å². The van der Waals surface area contributed by atoms with E-state index in [1.165, 1.54) is 12.1 Å². The zero-order chi connectivity index (χ0) is 21.3. The number of halogens is 1. The van der Waals surface area contributed by atoms with Crippen LogP contribution in [-0.2, 0) is 11.8 Å². The summed E-state index contributed by atoms with van der Waals surface area (Å²) in [7, 11) is 1.94. The van der Waals surface area contributed by atoms with E-state index >= 15 is 0 Å². The Balaban J connectivity index is 0.00000272. The summed E-state index contributed by atoms with van der Waals surface area (Å²) in [6, 6.07) is 20.3. The summed E-state index contributed by atoms with van der Waals surface area (Å²) in [5.74, 6) is 0. The fraction of sp³-hybridized carbons (Fsp3) is 0.130. The summed E-state index contributed by atoms with van der Waals surface area (Å²) in [5.41, 5.74) is 3.39. The molecule has 0 atom stereocenters. The van der Waals surface area contributed by atoms with Gasteiger partial charge in [-0.15, -0.1) is 0 Å². The molecule has 4 aromatic rings. The first-order chi connectivity index (χ1) is 14.5. The quantitative estimate of drug-likeness (QED) is 0.229. The molecule has 0 radical (unpaired) electrons. The Morgan fingerprint density at radius 1 is 1.03 bits per heavy atom. The minimum Gasteiger partial charge on any atom is -1.00 e. The van der Waals surface area contributed by atoms with E-state index in [4.69, 9.17) is 4.74 Å². The van der Waals surface area contributed by atoms with Crippen LogP contribution in [0.5, 0.6) is 0 Å². The van der Waals surface area contributed by atoms with Gasteiger partial charge >= 0.3 is 6.09 Å². The molecular formula is C23H20ClN3O4. The normalized spacial score (nSPS) is 10.5. The van der Waals surface area contributed by atoms with Gasteiger partial charge in [0.15, 0.2) is 0 Å². The Kier molecular flexibility index (Phi) is 6.36. The largest absolute Gasteiger partial charge is 1.00 e. The second-order valence-corrected chi connectivity index (χ2v) is 6.83. The minimum absolute atomic E-state index is 0. The van der Waals surface area contributed by atoms with Gasteiger partial charge in [0.25, 0.3) is 5.69 Å². The summed E-state index contributed by atoms with van der Waals surface area (Å²) >= 11 is 0. The van der Waals surface area contributed by atoms with Crippen molar-refractivity contribution in [1.29, 1.82) is 0 Å². The molecule has 0 unspecified atom stereocenters. The Morgan fingerprint density at radius 3 is 2.35 bits per heavy atom. The number of nitrogens with one attached hydrogen (secondary N) is 1. The zero-order valence-electron chi connectivity index (χ0n) is 17.0. The number of non-ortho nitro benzene ring substituents is 1. The maximum Gasteiger partial charge on any atom is 0.411 e. The smallest absolute Gasteiger partial charge is 0.411 e. The van der Waals surface area contributed by atoms with Crippen molar-refractivity contribution in [1.82, 2.24) is 0 Å². The average Bonchev–Trinajstić information content (AvgIpc) is 2.74. The van der Waals surface area contributed by atoms with Gasteiger partial charge in [-0.05, 0) is 37.3 Å². The summed E-state index contributed by atoms with van der Waals surface area (Å²) in [6.45, 7) is 2.05. The van der Waals surface area contributed by atoms with Gasteiger partial charge in [-0.1, -0.05) is 18.2 Å². The molecule has 0 saturated heterocycles. The highest BCUT2D eigenvalue weighted by atomic mass is 35.5. The SMILES string of the molecule is CCOC(=O)Nc1ccc2c3ccccc3c(-c3ccc([N+](=O)[O-])cc3)[n+](C)c2c1.[Cl-]. The first-order valence-corrected chi connectivity index (χ1v) is 9.52. The fourth-order valence-electron chi connectivity index (χ4n) is 3.72. The van der Waals surface area contributed by atoms with Crippen molar-refractivity contribution in [2.24, 2.45) is 7.05 Å². The summed E-state index contributed by atoms with van der Waals surface area (Å²) in [4.78, 5) is 22.4. The van der Waals surface area contributed by atoms with Crippen molar-refractivity contribution >= 4 is 39.1 Å². The number of hydrogen-bond donors (Lipinski definition) is 1. The van der Waals surface area contributed by atoms with Crippen LogP contribution in [0.3, 0.4) is 0 Å². The van der Waals surface area contributed by atoms with Crippen LogP contribution in [0.1, 0.15) is 6.92 Å². The highest BCUT2D eigenvalue weighted by molar-refractivity contribution is 6.09. The number of aromatic nitrogens is 1. The molecule has 0 bridgehead atoms. The van der Waals surface area contributed by atoms with Crippen LogP contribution < -0.4 is 22.3 Å². The number of ether oxygens (including phenoxy) is 1. The van der Waals surface area contributed by atoms with E-state index in [2.05, 4.69) is 5.32 Å². The lowest BCUT2D eigenvalue weighted by atomic mass is 9.99. The summed E-state index contributed by atoms with van der Waals surface area (Å²) in [5, 5.41) is 16.9. The second kappa shape index (κ2) is 8.97. The fourth-order valence-corrected chi connectivity index (χ4v) is 3.72. The van der Waals surface area contributed by atoms with Gasteiger partial charge in [0, 0.05) is 29.1 Å². The minimum atomic E-state index is -0.504. The molecule has 158 valence electrons. The van der Waals surface area contributed by atoms with Crippen molar-refractivity contribution < 1.29 is 31.4 Å². The number of carbonyl (C=O) groups is 1. The molecule has 0 fully saturated rings. The number of rotatable bonds is 4. The predicted octanol–water partition coefficient (Wildman–Crippen LogP) is 1.97. The zero-order valence-corrected chi connectivity index (χ0v) is 17.7. The van der Waals surface area contributed by atoms with Crippen molar-refractivity contribution in [2.45, 2.75) is 6.92 Å². The van der Waals surface area contributed by atoms with E-state index < -0.39 is 11.0 Å². The maximum absolute atomic E-state index is 11.8. The van der Waals surface area contributed by atoms with E-state index in [-0.39, 0.29) is 18.1 Å². The number of aryl methyl sites for hydroxylation is 1. The molecule has 0 aliphatic rings. The molecular weight excluding hydrogens is 418 g/mol. The van der Waals surface area contributed by atoms with E-state index in [1.54, 1.807) is 19.1 Å². The van der Waals surface area contributed by atoms with Gasteiger partial charge in [0.1, 0.15) is 7.05 Å². The van der Waals surface area contributed by atoms with Crippen LogP contribution in [0.4, 0.5) is 16.2 Å². The monoisotopic (exact) mass is 437 g/mol. The summed E-state index contributed by atoms with van der Waals surface area (Å²) in [6.07, 6.45) is -0.504. The molecule has 31 heavy (non-hydrogen) atoms. The highest BCUT2D eigenvalue weighted by Gasteiger charge is 2.21. The predicted molar refractivity (Wildman–Crippen MR) is 115 cm³/mol. The Labute approximate surface area is 184 Å². The third-order valence-corrected chi connectivity index (χ3v) is 5.04. The molecule has 1 heterocycles. The average molecular weight is 438 g/mol. The van der Waals surface area contributed by atoms with Crippen molar-refractivity contribution in [3.05, 3.63) is 76.8 Å². The van der Waals surface area contributed by atoms with Gasteiger partial charge < -0.3 is 17.1 Å². The van der Waals surface area contributed by atoms with E-state index in [0.717, 1.165) is 32.9 Å². The number of nitro benzene ring substituents is 1. The molecule has 8 heteroatoms. The van der Waals surface area contributed by atoms with Crippen LogP contribution in [0.2, 0.25) is 0 Å². The lowest BCUT2D eigenvalue weighted by Crippen LogP contribution is -3.00. The van der Waals surface area contributed by atoms with Crippen LogP contribution in [-0.4, -0.2) is 17.6 Å². The van der Waals surface area contributed by atoms with Crippen molar-refractivity contribution in [3.63, 3.8) is 0 Å². The van der Waals surface area contributed by atoms with Crippen LogP contribution in [0.25, 0.3) is 32.9 Å². The molecule has 0 saturated carbocycles. The first-order valence-electron chi connectivity index (χ1n) is 9.52. The summed E-state index contributed by atoms with van der Waals surface area (Å²) < 4.78 is 7.01. The molecule has 1 aromatic heterocycles. The molecule has 0 spiro atoms. The molecule has 1 N–H and O–H groups in total. The van der Waals surface area contributed by atoms with Crippen molar-refractivity contribution in [2.75, 3.05) is 11.9 Å². The molecule has 3 aromatic carbocycles. The Bertz CT molecular complexity index is 1290. The molecule has 4 rings (SSSR count). The number of nitro groups is 1. The van der Waals surface area contributed by atoms with E-state index in [1.807, 2.05) is 54.1 Å². The topological polar surface area (TPSA) is 85.3 Å². The molecule has 1 amide bonds. The molecule has 0 aliphatic heterocycles. The third-order valence-electron chi connectivity index (χ3n) is 5.04. The van der Waals surface area contributed by atoms with Crippen LogP contribution in [0.15, 0.2) is 66.7 Å². The Hall–Kier alpha value is -3.71. The standard InChI is InChI=1S/C23H19N3O4.ClH/c1-3-30-23(27)24-16-10-13-19-18-6-4-5-7-20(18)22(25(2)21(19)14-16)15-8-11-17(12-9-15)26(28)29;/h4-14H,3H2,1-2H3;1H. The number of carbonyl (C=O) groups excluding carboxylic acids is 1. The van der Waals surface area contributed by atoms with E-state index in [9.17, 15) is 14.9 Å². The number of benzene rings is 3. The van der Waals surface area contributed by atoms with Crippen LogP contribution in [0, 0.1) is 10.1 Å². The third kappa shape index (κ3) is 4.13. The number of fused-ring (bicyclic) bond motifs is 3. The number of anilines is 1. The number of pyridine rings is 1. The van der Waals surface area contributed by atoms with Gasteiger partial charge in [-0.3, -0.25) is 15.4 Å². The van der Waals surface area contributed by atoms with Crippen LogP contribution >= 0.6 is 0 Å². The molecule has 7 nitrogen and oxygen atoms in total. The number of amides is 1. The highest BCUT2D eigenvalue weighted by Crippen LogP contribution is 2.32. The van der Waals surface area contributed by atoms with Gasteiger partial charge in [-0.25, -0.2) is 4.79 Å². The number of hydrogen-bond acceptors (Lipinski definition) is 4. The Morgan fingerprint density at radius 2 is 1.71 bits per heavy atom. The second-order valence-electron chi connectivity index (χ2n) is 6.83. The van der Waals surface area contributed by atoms with Gasteiger partial charge in [0.05, 0.1) is 28.0 Å². The molecule has 0 aliphatic carbocycles. The van der Waals surface area contributed by atoms with Gasteiger partial charge in [0.2, 0.25) is 11.2 Å². The lowest BCUT2D eigenvalue weighted by Gasteiger charge is -2.11. The number of nitrogens with zero attached hydrogens (tertiary/aromatic N) is 2.